The zero-order chi connectivity index (χ0) is 22.0. The highest BCUT2D eigenvalue weighted by molar-refractivity contribution is 7.10. The molecule has 3 aromatic heterocycles. The Bertz CT molecular complexity index is 1230. The molecule has 31 heavy (non-hydrogen) atoms. The van der Waals surface area contributed by atoms with E-state index in [0.29, 0.717) is 11.6 Å². The highest BCUT2D eigenvalue weighted by Crippen LogP contribution is 2.39. The lowest BCUT2D eigenvalue weighted by Gasteiger charge is -2.21. The zero-order valence-electron chi connectivity index (χ0n) is 17.2. The fourth-order valence-electron chi connectivity index (χ4n) is 3.32. The van der Waals surface area contributed by atoms with Crippen molar-refractivity contribution >= 4 is 40.2 Å². The lowest BCUT2D eigenvalue weighted by atomic mass is 9.91. The van der Waals surface area contributed by atoms with Gasteiger partial charge in [-0.15, -0.1) is 11.3 Å². The highest BCUT2D eigenvalue weighted by Gasteiger charge is 2.27. The molecule has 0 aliphatic heterocycles. The van der Waals surface area contributed by atoms with E-state index < -0.39 is 12.0 Å². The van der Waals surface area contributed by atoms with Crippen molar-refractivity contribution in [1.82, 2.24) is 9.88 Å². The van der Waals surface area contributed by atoms with E-state index in [4.69, 9.17) is 20.9 Å². The summed E-state index contributed by atoms with van der Waals surface area (Å²) < 4.78 is 5.43. The summed E-state index contributed by atoms with van der Waals surface area (Å²) in [7, 11) is 3.64. The SMILES string of the molecule is CN(C)C(N)=NC(c1cc(-c2ccc(N)cn2)cs1)C(C=O)c1ccc2occc2c1. The number of rotatable bonds is 6. The Kier molecular flexibility index (Phi) is 5.73. The molecule has 4 N–H and O–H groups in total. The number of aliphatic imine (C=N–C) groups is 1. The minimum Gasteiger partial charge on any atom is -0.464 e. The number of fused-ring (bicyclic) bond motifs is 1. The van der Waals surface area contributed by atoms with Crippen LogP contribution in [0.15, 0.2) is 69.7 Å². The fourth-order valence-corrected chi connectivity index (χ4v) is 4.31. The second-order valence-electron chi connectivity index (χ2n) is 7.42. The van der Waals surface area contributed by atoms with Gasteiger partial charge in [0.15, 0.2) is 5.96 Å². The van der Waals surface area contributed by atoms with Gasteiger partial charge in [0.2, 0.25) is 0 Å². The molecule has 0 spiro atoms. The van der Waals surface area contributed by atoms with Gasteiger partial charge in [0, 0.05) is 35.3 Å². The molecule has 158 valence electrons. The van der Waals surface area contributed by atoms with Crippen LogP contribution in [0.25, 0.3) is 22.2 Å². The Morgan fingerprint density at radius 2 is 2.06 bits per heavy atom. The number of pyridine rings is 1. The van der Waals surface area contributed by atoms with Crippen LogP contribution in [0, 0.1) is 0 Å². The Labute approximate surface area is 184 Å². The Morgan fingerprint density at radius 1 is 1.23 bits per heavy atom. The zero-order valence-corrected chi connectivity index (χ0v) is 18.0. The Morgan fingerprint density at radius 3 is 2.77 bits per heavy atom. The number of carbonyl (C=O) groups excluding carboxylic acids is 1. The Hall–Kier alpha value is -3.65. The summed E-state index contributed by atoms with van der Waals surface area (Å²) in [6, 6.07) is 12.8. The predicted molar refractivity (Wildman–Crippen MR) is 125 cm³/mol. The normalized spacial score (nSPS) is 13.8. The van der Waals surface area contributed by atoms with Gasteiger partial charge in [0.25, 0.3) is 0 Å². The average Bonchev–Trinajstić information content (AvgIpc) is 3.43. The molecule has 2 unspecified atom stereocenters. The molecule has 0 bridgehead atoms. The van der Waals surface area contributed by atoms with Gasteiger partial charge in [-0.3, -0.25) is 4.98 Å². The summed E-state index contributed by atoms with van der Waals surface area (Å²) in [6.45, 7) is 0. The van der Waals surface area contributed by atoms with E-state index in [1.165, 1.54) is 11.3 Å². The van der Waals surface area contributed by atoms with Gasteiger partial charge >= 0.3 is 0 Å². The molecule has 4 rings (SSSR count). The number of furan rings is 1. The topological polar surface area (TPSA) is 111 Å². The molecule has 2 atom stereocenters. The minimum absolute atomic E-state index is 0.349. The number of aromatic nitrogens is 1. The van der Waals surface area contributed by atoms with E-state index >= 15 is 0 Å². The standard InChI is InChI=1S/C23H23N5O2S/c1-28(2)23(25)27-22(18(12-29)14-3-6-20-15(9-14)7-8-30-20)21-10-16(13-31-21)19-5-4-17(24)11-26-19/h3-13,18,22H,24H2,1-2H3,(H2,25,27). The number of guanidine groups is 1. The monoisotopic (exact) mass is 433 g/mol. The number of thiophene rings is 1. The van der Waals surface area contributed by atoms with Crippen LogP contribution in [0.1, 0.15) is 22.4 Å². The van der Waals surface area contributed by atoms with Crippen molar-refractivity contribution in [1.29, 1.82) is 0 Å². The number of nitrogens with two attached hydrogens (primary N) is 2. The third-order valence-corrected chi connectivity index (χ3v) is 6.07. The van der Waals surface area contributed by atoms with Gasteiger partial charge < -0.3 is 25.6 Å². The van der Waals surface area contributed by atoms with Gasteiger partial charge in [0.1, 0.15) is 17.9 Å². The largest absolute Gasteiger partial charge is 0.464 e. The van der Waals surface area contributed by atoms with Crippen molar-refractivity contribution in [2.24, 2.45) is 10.7 Å². The lowest BCUT2D eigenvalue weighted by Crippen LogP contribution is -2.31. The number of anilines is 1. The van der Waals surface area contributed by atoms with Crippen molar-refractivity contribution < 1.29 is 9.21 Å². The molecular weight excluding hydrogens is 410 g/mol. The average molecular weight is 434 g/mol. The van der Waals surface area contributed by atoms with Crippen LogP contribution in [0.3, 0.4) is 0 Å². The molecule has 7 nitrogen and oxygen atoms in total. The lowest BCUT2D eigenvalue weighted by molar-refractivity contribution is -0.109. The van der Waals surface area contributed by atoms with Gasteiger partial charge in [-0.2, -0.15) is 0 Å². The molecule has 0 amide bonds. The summed E-state index contributed by atoms with van der Waals surface area (Å²) in [5.74, 6) is -0.162. The van der Waals surface area contributed by atoms with Crippen LogP contribution >= 0.6 is 11.3 Å². The van der Waals surface area contributed by atoms with E-state index in [1.54, 1.807) is 17.4 Å². The summed E-state index contributed by atoms with van der Waals surface area (Å²) in [5, 5.41) is 2.94. The third-order valence-electron chi connectivity index (χ3n) is 5.07. The van der Waals surface area contributed by atoms with Crippen LogP contribution in [-0.2, 0) is 4.79 Å². The quantitative estimate of drug-likeness (QED) is 0.270. The van der Waals surface area contributed by atoms with E-state index in [1.807, 2.05) is 61.9 Å². The second kappa shape index (κ2) is 8.61. The minimum atomic E-state index is -0.510. The smallest absolute Gasteiger partial charge is 0.191 e. The van der Waals surface area contributed by atoms with Crippen molar-refractivity contribution in [2.45, 2.75) is 12.0 Å². The van der Waals surface area contributed by atoms with Crippen LogP contribution in [-0.4, -0.2) is 36.2 Å². The first-order valence-corrected chi connectivity index (χ1v) is 10.6. The van der Waals surface area contributed by atoms with E-state index in [9.17, 15) is 4.79 Å². The molecule has 3 heterocycles. The number of aldehydes is 1. The predicted octanol–water partition coefficient (Wildman–Crippen LogP) is 4.04. The molecule has 1 aromatic carbocycles. The highest BCUT2D eigenvalue weighted by atomic mass is 32.1. The van der Waals surface area contributed by atoms with E-state index in [2.05, 4.69) is 4.98 Å². The number of hydrogen-bond acceptors (Lipinski definition) is 6. The molecule has 4 aromatic rings. The molecule has 8 heteroatoms. The molecule has 0 aliphatic carbocycles. The number of nitrogens with zero attached hydrogens (tertiary/aromatic N) is 3. The summed E-state index contributed by atoms with van der Waals surface area (Å²) in [5.41, 5.74) is 15.9. The van der Waals surface area contributed by atoms with E-state index in [0.717, 1.165) is 39.0 Å². The first kappa shape index (κ1) is 20.6. The molecule has 0 aliphatic rings. The van der Waals surface area contributed by atoms with Crippen LogP contribution in [0.2, 0.25) is 0 Å². The van der Waals surface area contributed by atoms with Crippen molar-refractivity contribution in [3.63, 3.8) is 0 Å². The van der Waals surface area contributed by atoms with Gasteiger partial charge in [-0.25, -0.2) is 4.99 Å². The number of carbonyl (C=O) groups is 1. The van der Waals surface area contributed by atoms with Crippen LogP contribution in [0.4, 0.5) is 5.69 Å². The maximum atomic E-state index is 12.3. The van der Waals surface area contributed by atoms with Crippen LogP contribution in [0.5, 0.6) is 0 Å². The van der Waals surface area contributed by atoms with Crippen molar-refractivity contribution in [3.05, 3.63) is 70.7 Å². The maximum Gasteiger partial charge on any atom is 0.191 e. The fraction of sp³-hybridized carbons (Fsp3) is 0.174. The van der Waals surface area contributed by atoms with Crippen molar-refractivity contribution in [3.8, 4) is 11.3 Å². The van der Waals surface area contributed by atoms with Crippen LogP contribution < -0.4 is 11.5 Å². The van der Waals surface area contributed by atoms with Gasteiger partial charge in [-0.05, 0) is 42.0 Å². The first-order valence-electron chi connectivity index (χ1n) is 9.69. The van der Waals surface area contributed by atoms with E-state index in [-0.39, 0.29) is 0 Å². The first-order chi connectivity index (χ1) is 15.0. The summed E-state index contributed by atoms with van der Waals surface area (Å²) >= 11 is 1.52. The summed E-state index contributed by atoms with van der Waals surface area (Å²) in [6.07, 6.45) is 4.19. The molecule has 0 saturated carbocycles. The maximum absolute atomic E-state index is 12.3. The molecule has 0 radical (unpaired) electrons. The number of benzene rings is 1. The third kappa shape index (κ3) is 4.29. The summed E-state index contributed by atoms with van der Waals surface area (Å²) in [4.78, 5) is 24.1. The van der Waals surface area contributed by atoms with Crippen molar-refractivity contribution in [2.75, 3.05) is 19.8 Å². The second-order valence-corrected chi connectivity index (χ2v) is 8.36. The number of hydrogen-bond donors (Lipinski definition) is 2. The number of nitrogen functional groups attached to an aromatic ring is 1. The molecule has 0 saturated heterocycles. The van der Waals surface area contributed by atoms with Gasteiger partial charge in [0.05, 0.1) is 29.8 Å². The molecule has 0 fully saturated rings. The molecular formula is C23H23N5O2S. The Balaban J connectivity index is 1.77. The van der Waals surface area contributed by atoms with Gasteiger partial charge in [-0.1, -0.05) is 6.07 Å².